The maximum absolute atomic E-state index is 13.7. The van der Waals surface area contributed by atoms with Crippen LogP contribution < -0.4 is 0 Å². The molecule has 0 bridgehead atoms. The van der Waals surface area contributed by atoms with Crippen LogP contribution >= 0.6 is 11.3 Å². The summed E-state index contributed by atoms with van der Waals surface area (Å²) in [6.45, 7) is 3.08. The number of carbonyl (C=O) groups excluding carboxylic acids is 1. The zero-order valence-electron chi connectivity index (χ0n) is 13.7. The van der Waals surface area contributed by atoms with Crippen LogP contribution in [0.15, 0.2) is 41.8 Å². The molecule has 1 aromatic carbocycles. The van der Waals surface area contributed by atoms with Crippen molar-refractivity contribution < 1.29 is 13.9 Å². The maximum Gasteiger partial charge on any atom is 0.244 e. The Bertz CT molecular complexity index is 671. The molecule has 0 saturated carbocycles. The molecule has 2 heterocycles. The van der Waals surface area contributed by atoms with Crippen LogP contribution in [0.5, 0.6) is 0 Å². The molecule has 24 heavy (non-hydrogen) atoms. The van der Waals surface area contributed by atoms with E-state index in [1.165, 1.54) is 12.1 Å². The van der Waals surface area contributed by atoms with Gasteiger partial charge in [0.1, 0.15) is 11.9 Å². The standard InChI is InChI=1S/C18H21FN2O2S/c1-20(13-16-6-3-11-24-16)18(22)17(21-7-9-23-10-8-21)14-4-2-5-15(19)12-14/h2-6,11-12,17H,7-10,13H2,1H3/t17-/m1/s1. The molecule has 0 spiro atoms. The molecule has 1 atom stereocenters. The maximum atomic E-state index is 13.7. The van der Waals surface area contributed by atoms with E-state index in [-0.39, 0.29) is 11.7 Å². The Morgan fingerprint density at radius 3 is 2.79 bits per heavy atom. The van der Waals surface area contributed by atoms with E-state index >= 15 is 0 Å². The van der Waals surface area contributed by atoms with E-state index in [4.69, 9.17) is 4.74 Å². The third-order valence-corrected chi connectivity index (χ3v) is 5.02. The fourth-order valence-electron chi connectivity index (χ4n) is 2.94. The molecule has 6 heteroatoms. The second-order valence-electron chi connectivity index (χ2n) is 5.88. The Balaban J connectivity index is 1.84. The van der Waals surface area contributed by atoms with E-state index in [2.05, 4.69) is 4.90 Å². The van der Waals surface area contributed by atoms with Crippen LogP contribution in [0.4, 0.5) is 4.39 Å². The number of benzene rings is 1. The first-order valence-electron chi connectivity index (χ1n) is 8.00. The number of amides is 1. The molecule has 0 aliphatic carbocycles. The van der Waals surface area contributed by atoms with Crippen LogP contribution in [0.25, 0.3) is 0 Å². The third-order valence-electron chi connectivity index (χ3n) is 4.16. The predicted molar refractivity (Wildman–Crippen MR) is 92.3 cm³/mol. The molecule has 2 aromatic rings. The molecule has 0 N–H and O–H groups in total. The van der Waals surface area contributed by atoms with Crippen LogP contribution in [0.3, 0.4) is 0 Å². The number of hydrogen-bond donors (Lipinski definition) is 0. The summed E-state index contributed by atoms with van der Waals surface area (Å²) in [4.78, 5) is 18.0. The monoisotopic (exact) mass is 348 g/mol. The van der Waals surface area contributed by atoms with Crippen molar-refractivity contribution in [2.45, 2.75) is 12.6 Å². The van der Waals surface area contributed by atoms with Gasteiger partial charge in [0.05, 0.1) is 19.8 Å². The topological polar surface area (TPSA) is 32.8 Å². The Labute approximate surface area is 145 Å². The first kappa shape index (κ1) is 17.1. The normalized spacial score (nSPS) is 16.8. The smallest absolute Gasteiger partial charge is 0.244 e. The number of carbonyl (C=O) groups is 1. The van der Waals surface area contributed by atoms with Gasteiger partial charge >= 0.3 is 0 Å². The summed E-state index contributed by atoms with van der Waals surface area (Å²) >= 11 is 1.63. The Morgan fingerprint density at radius 2 is 2.12 bits per heavy atom. The number of thiophene rings is 1. The highest BCUT2D eigenvalue weighted by atomic mass is 32.1. The molecular formula is C18H21FN2O2S. The Morgan fingerprint density at radius 1 is 1.33 bits per heavy atom. The van der Waals surface area contributed by atoms with Crippen molar-refractivity contribution in [2.75, 3.05) is 33.4 Å². The lowest BCUT2D eigenvalue weighted by atomic mass is 10.0. The highest BCUT2D eigenvalue weighted by molar-refractivity contribution is 7.09. The summed E-state index contributed by atoms with van der Waals surface area (Å²) in [5.74, 6) is -0.338. The Hall–Kier alpha value is -1.76. The van der Waals surface area contributed by atoms with Crippen molar-refractivity contribution in [3.05, 3.63) is 58.0 Å². The van der Waals surface area contributed by atoms with Gasteiger partial charge in [-0.1, -0.05) is 18.2 Å². The number of halogens is 1. The van der Waals surface area contributed by atoms with Crippen molar-refractivity contribution in [3.63, 3.8) is 0 Å². The summed E-state index contributed by atoms with van der Waals surface area (Å²) in [5, 5.41) is 2.00. The van der Waals surface area contributed by atoms with Gasteiger partial charge in [0.15, 0.2) is 0 Å². The summed E-state index contributed by atoms with van der Waals surface area (Å²) in [7, 11) is 1.80. The van der Waals surface area contributed by atoms with E-state index < -0.39 is 6.04 Å². The average Bonchev–Trinajstić information content (AvgIpc) is 3.09. The van der Waals surface area contributed by atoms with Crippen molar-refractivity contribution in [1.29, 1.82) is 0 Å². The van der Waals surface area contributed by atoms with Gasteiger partial charge in [-0.25, -0.2) is 4.39 Å². The second-order valence-corrected chi connectivity index (χ2v) is 6.91. The lowest BCUT2D eigenvalue weighted by Gasteiger charge is -2.35. The number of likely N-dealkylation sites (N-methyl/N-ethyl adjacent to an activating group) is 1. The van der Waals surface area contributed by atoms with Crippen LogP contribution in [0, 0.1) is 5.82 Å². The van der Waals surface area contributed by atoms with Crippen molar-refractivity contribution in [2.24, 2.45) is 0 Å². The summed E-state index contributed by atoms with van der Waals surface area (Å²) < 4.78 is 19.1. The highest BCUT2D eigenvalue weighted by Crippen LogP contribution is 2.25. The minimum atomic E-state index is -0.477. The van der Waals surface area contributed by atoms with Crippen LogP contribution in [0.2, 0.25) is 0 Å². The molecule has 1 saturated heterocycles. The zero-order chi connectivity index (χ0) is 16.9. The number of nitrogens with zero attached hydrogens (tertiary/aromatic N) is 2. The minimum Gasteiger partial charge on any atom is -0.379 e. The first-order chi connectivity index (χ1) is 11.6. The number of morpholine rings is 1. The third kappa shape index (κ3) is 4.01. The molecule has 1 aliphatic rings. The van der Waals surface area contributed by atoms with Gasteiger partial charge < -0.3 is 9.64 Å². The first-order valence-corrected chi connectivity index (χ1v) is 8.88. The zero-order valence-corrected chi connectivity index (χ0v) is 14.5. The molecule has 4 nitrogen and oxygen atoms in total. The lowest BCUT2D eigenvalue weighted by Crippen LogP contribution is -2.46. The fraction of sp³-hybridized carbons (Fsp3) is 0.389. The highest BCUT2D eigenvalue weighted by Gasteiger charge is 2.31. The minimum absolute atomic E-state index is 0.0177. The average molecular weight is 348 g/mol. The number of hydrogen-bond acceptors (Lipinski definition) is 4. The van der Waals surface area contributed by atoms with E-state index in [9.17, 15) is 9.18 Å². The molecule has 3 rings (SSSR count). The van der Waals surface area contributed by atoms with E-state index in [1.807, 2.05) is 23.6 Å². The van der Waals surface area contributed by atoms with Crippen molar-refractivity contribution >= 4 is 17.2 Å². The van der Waals surface area contributed by atoms with Gasteiger partial charge in [0.2, 0.25) is 5.91 Å². The molecule has 1 aromatic heterocycles. The second kappa shape index (κ2) is 7.88. The van der Waals surface area contributed by atoms with E-state index in [1.54, 1.807) is 29.4 Å². The fourth-order valence-corrected chi connectivity index (χ4v) is 3.70. The Kier molecular flexibility index (Phi) is 5.60. The van der Waals surface area contributed by atoms with Crippen LogP contribution in [-0.2, 0) is 16.1 Å². The molecule has 0 radical (unpaired) electrons. The summed E-state index contributed by atoms with van der Waals surface area (Å²) in [6, 6.07) is 9.85. The van der Waals surface area contributed by atoms with Gasteiger partial charge in [0.25, 0.3) is 0 Å². The SMILES string of the molecule is CN(Cc1cccs1)C(=O)[C@@H](c1cccc(F)c1)N1CCOCC1. The van der Waals surface area contributed by atoms with Crippen molar-refractivity contribution in [3.8, 4) is 0 Å². The van der Waals surface area contributed by atoms with Crippen molar-refractivity contribution in [1.82, 2.24) is 9.80 Å². The lowest BCUT2D eigenvalue weighted by molar-refractivity contribution is -0.138. The number of ether oxygens (including phenoxy) is 1. The molecule has 0 unspecified atom stereocenters. The molecule has 1 aliphatic heterocycles. The predicted octanol–water partition coefficient (Wildman–Crippen LogP) is 2.92. The van der Waals surface area contributed by atoms with Crippen LogP contribution in [0.1, 0.15) is 16.5 Å². The van der Waals surface area contributed by atoms with Gasteiger partial charge in [-0.2, -0.15) is 0 Å². The van der Waals surface area contributed by atoms with Crippen LogP contribution in [-0.4, -0.2) is 49.1 Å². The largest absolute Gasteiger partial charge is 0.379 e. The van der Waals surface area contributed by atoms with Gasteiger partial charge in [0, 0.05) is 25.0 Å². The molecule has 1 amide bonds. The van der Waals surface area contributed by atoms with E-state index in [0.717, 1.165) is 4.88 Å². The van der Waals surface area contributed by atoms with Gasteiger partial charge in [-0.05, 0) is 29.1 Å². The summed E-state index contributed by atoms with van der Waals surface area (Å²) in [5.41, 5.74) is 0.694. The number of rotatable bonds is 5. The van der Waals surface area contributed by atoms with E-state index in [0.29, 0.717) is 38.4 Å². The molecule has 1 fully saturated rings. The molecular weight excluding hydrogens is 327 g/mol. The molecule has 128 valence electrons. The van der Waals surface area contributed by atoms with Gasteiger partial charge in [-0.15, -0.1) is 11.3 Å². The quantitative estimate of drug-likeness (QED) is 0.833. The summed E-state index contributed by atoms with van der Waals surface area (Å²) in [6.07, 6.45) is 0. The van der Waals surface area contributed by atoms with Gasteiger partial charge in [-0.3, -0.25) is 9.69 Å².